The van der Waals surface area contributed by atoms with E-state index in [2.05, 4.69) is 10.3 Å². The molecule has 128 valence electrons. The number of halogens is 1. The molecule has 1 N–H and O–H groups in total. The number of imidazole rings is 1. The minimum atomic E-state index is -0.559. The predicted molar refractivity (Wildman–Crippen MR) is 92.6 cm³/mol. The number of aromatic nitrogens is 2. The van der Waals surface area contributed by atoms with E-state index in [1.165, 1.54) is 10.9 Å². The lowest BCUT2D eigenvalue weighted by Gasteiger charge is -2.21. The fourth-order valence-electron chi connectivity index (χ4n) is 2.33. The first-order valence-electron chi connectivity index (χ1n) is 7.30. The molecule has 0 aliphatic heterocycles. The van der Waals surface area contributed by atoms with Crippen molar-refractivity contribution in [1.29, 1.82) is 0 Å². The van der Waals surface area contributed by atoms with Gasteiger partial charge in [-0.3, -0.25) is 9.36 Å². The number of rotatable bonds is 6. The first kappa shape index (κ1) is 17.7. The highest BCUT2D eigenvalue weighted by atomic mass is 35.5. The molecule has 0 bridgehead atoms. The Hall–Kier alpha value is -2.61. The summed E-state index contributed by atoms with van der Waals surface area (Å²) < 4.78 is 1.53. The fraction of sp³-hybridized carbons (Fsp3) is 0.333. The molecule has 1 aromatic heterocycles. The van der Waals surface area contributed by atoms with Crippen LogP contribution in [0.1, 0.15) is 12.5 Å². The Morgan fingerprint density at radius 1 is 1.50 bits per heavy atom. The summed E-state index contributed by atoms with van der Waals surface area (Å²) in [5.74, 6) is -0.274. The van der Waals surface area contributed by atoms with E-state index in [0.29, 0.717) is 23.1 Å². The van der Waals surface area contributed by atoms with Crippen LogP contribution in [0.15, 0.2) is 24.5 Å². The van der Waals surface area contributed by atoms with Crippen LogP contribution in [-0.4, -0.2) is 33.5 Å². The molecule has 0 aliphatic rings. The number of carbonyl (C=O) groups is 1. The normalized spacial score (nSPS) is 10.5. The van der Waals surface area contributed by atoms with Crippen molar-refractivity contribution in [2.75, 3.05) is 23.3 Å². The number of amides is 1. The molecule has 2 rings (SSSR count). The summed E-state index contributed by atoms with van der Waals surface area (Å²) in [6, 6.07) is 5.21. The molecule has 1 amide bonds. The van der Waals surface area contributed by atoms with E-state index in [4.69, 9.17) is 11.6 Å². The SMILES string of the molecule is CCN(CC(=O)Nc1cc(Cl)ccc1C)c1c([N+](=O)[O-])ncn1C. The summed E-state index contributed by atoms with van der Waals surface area (Å²) in [5.41, 5.74) is 1.49. The summed E-state index contributed by atoms with van der Waals surface area (Å²) >= 11 is 5.94. The van der Waals surface area contributed by atoms with E-state index in [0.717, 1.165) is 5.56 Å². The van der Waals surface area contributed by atoms with Crippen LogP contribution in [0.4, 0.5) is 17.3 Å². The summed E-state index contributed by atoms with van der Waals surface area (Å²) in [6.45, 7) is 4.05. The lowest BCUT2D eigenvalue weighted by atomic mass is 10.2. The average molecular weight is 352 g/mol. The number of nitrogens with one attached hydrogen (secondary N) is 1. The van der Waals surface area contributed by atoms with E-state index in [-0.39, 0.29) is 18.3 Å². The van der Waals surface area contributed by atoms with Gasteiger partial charge in [0.05, 0.1) is 6.54 Å². The molecule has 0 atom stereocenters. The second-order valence-electron chi connectivity index (χ2n) is 5.28. The standard InChI is InChI=1S/C15H18ClN5O3/c1-4-20(15-14(21(23)24)17-9-19(15)3)8-13(22)18-12-7-11(16)6-5-10(12)2/h5-7,9H,4,8H2,1-3H3,(H,18,22). The van der Waals surface area contributed by atoms with E-state index in [9.17, 15) is 14.9 Å². The fourth-order valence-corrected chi connectivity index (χ4v) is 2.51. The highest BCUT2D eigenvalue weighted by molar-refractivity contribution is 6.31. The zero-order chi connectivity index (χ0) is 17.9. The van der Waals surface area contributed by atoms with Gasteiger partial charge in [-0.1, -0.05) is 17.7 Å². The number of hydrogen-bond acceptors (Lipinski definition) is 5. The number of benzene rings is 1. The van der Waals surface area contributed by atoms with Crippen molar-refractivity contribution in [2.45, 2.75) is 13.8 Å². The van der Waals surface area contributed by atoms with Crippen LogP contribution in [0.2, 0.25) is 5.02 Å². The van der Waals surface area contributed by atoms with E-state index in [1.807, 2.05) is 19.9 Å². The zero-order valence-corrected chi connectivity index (χ0v) is 14.4. The molecule has 0 unspecified atom stereocenters. The third kappa shape index (κ3) is 3.83. The third-order valence-electron chi connectivity index (χ3n) is 3.55. The van der Waals surface area contributed by atoms with Gasteiger partial charge in [0.15, 0.2) is 0 Å². The second kappa shape index (κ2) is 7.31. The topological polar surface area (TPSA) is 93.3 Å². The molecular formula is C15H18ClN5O3. The Morgan fingerprint density at radius 3 is 2.83 bits per heavy atom. The molecule has 0 saturated heterocycles. The van der Waals surface area contributed by atoms with Crippen LogP contribution in [0, 0.1) is 17.0 Å². The Bertz CT molecular complexity index is 774. The molecule has 0 saturated carbocycles. The van der Waals surface area contributed by atoms with Crippen LogP contribution in [0.25, 0.3) is 0 Å². The van der Waals surface area contributed by atoms with Crippen molar-refractivity contribution in [3.8, 4) is 0 Å². The quantitative estimate of drug-likeness (QED) is 0.638. The highest BCUT2D eigenvalue weighted by Crippen LogP contribution is 2.26. The highest BCUT2D eigenvalue weighted by Gasteiger charge is 2.26. The van der Waals surface area contributed by atoms with Gasteiger partial charge in [0.2, 0.25) is 18.1 Å². The smallest absolute Gasteiger partial charge is 0.358 e. The van der Waals surface area contributed by atoms with Crippen molar-refractivity contribution in [3.63, 3.8) is 0 Å². The van der Waals surface area contributed by atoms with Gasteiger partial charge < -0.3 is 20.3 Å². The third-order valence-corrected chi connectivity index (χ3v) is 3.78. The summed E-state index contributed by atoms with van der Waals surface area (Å²) in [6.07, 6.45) is 1.36. The number of hydrogen-bond donors (Lipinski definition) is 1. The van der Waals surface area contributed by atoms with Gasteiger partial charge in [-0.05, 0) is 41.5 Å². The summed E-state index contributed by atoms with van der Waals surface area (Å²) in [7, 11) is 1.65. The summed E-state index contributed by atoms with van der Waals surface area (Å²) in [4.78, 5) is 28.3. The van der Waals surface area contributed by atoms with Gasteiger partial charge in [0, 0.05) is 24.3 Å². The largest absolute Gasteiger partial charge is 0.406 e. The van der Waals surface area contributed by atoms with Crippen molar-refractivity contribution < 1.29 is 9.72 Å². The predicted octanol–water partition coefficient (Wildman–Crippen LogP) is 2.76. The number of nitro groups is 1. The van der Waals surface area contributed by atoms with E-state index >= 15 is 0 Å². The van der Waals surface area contributed by atoms with Crippen molar-refractivity contribution in [2.24, 2.45) is 7.05 Å². The molecule has 0 aliphatic carbocycles. The van der Waals surface area contributed by atoms with Gasteiger partial charge in [0.1, 0.15) is 0 Å². The Kier molecular flexibility index (Phi) is 5.40. The van der Waals surface area contributed by atoms with Crippen LogP contribution in [0.5, 0.6) is 0 Å². The maximum atomic E-state index is 12.3. The van der Waals surface area contributed by atoms with E-state index in [1.54, 1.807) is 24.1 Å². The molecule has 24 heavy (non-hydrogen) atoms. The second-order valence-corrected chi connectivity index (χ2v) is 5.72. The molecule has 0 spiro atoms. The number of anilines is 2. The number of nitrogens with zero attached hydrogens (tertiary/aromatic N) is 4. The maximum absolute atomic E-state index is 12.3. The molecule has 0 fully saturated rings. The lowest BCUT2D eigenvalue weighted by molar-refractivity contribution is -0.388. The molecule has 8 nitrogen and oxygen atoms in total. The minimum absolute atomic E-state index is 0.0389. The minimum Gasteiger partial charge on any atom is -0.358 e. The zero-order valence-electron chi connectivity index (χ0n) is 13.6. The van der Waals surface area contributed by atoms with Crippen LogP contribution >= 0.6 is 11.6 Å². The number of carbonyl (C=O) groups excluding carboxylic acids is 1. The maximum Gasteiger partial charge on any atom is 0.406 e. The van der Waals surface area contributed by atoms with Crippen LogP contribution in [0.3, 0.4) is 0 Å². The molecule has 2 aromatic rings. The van der Waals surface area contributed by atoms with Crippen LogP contribution < -0.4 is 10.2 Å². The average Bonchev–Trinajstić information content (AvgIpc) is 2.90. The van der Waals surface area contributed by atoms with Gasteiger partial charge >= 0.3 is 5.82 Å². The van der Waals surface area contributed by atoms with Gasteiger partial charge in [-0.25, -0.2) is 0 Å². The van der Waals surface area contributed by atoms with Crippen LogP contribution in [-0.2, 0) is 11.8 Å². The number of aryl methyl sites for hydroxylation is 2. The molecule has 1 heterocycles. The van der Waals surface area contributed by atoms with Gasteiger partial charge in [-0.15, -0.1) is 0 Å². The van der Waals surface area contributed by atoms with Crippen molar-refractivity contribution in [1.82, 2.24) is 9.55 Å². The first-order chi connectivity index (χ1) is 11.3. The molecule has 0 radical (unpaired) electrons. The molecular weight excluding hydrogens is 334 g/mol. The molecule has 1 aromatic carbocycles. The lowest BCUT2D eigenvalue weighted by Crippen LogP contribution is -2.34. The first-order valence-corrected chi connectivity index (χ1v) is 7.68. The number of likely N-dealkylation sites (N-methyl/N-ethyl adjacent to an activating group) is 1. The summed E-state index contributed by atoms with van der Waals surface area (Å²) in [5, 5.41) is 14.4. The van der Waals surface area contributed by atoms with Crippen molar-refractivity contribution >= 4 is 34.8 Å². The van der Waals surface area contributed by atoms with Crippen molar-refractivity contribution in [3.05, 3.63) is 45.2 Å². The Labute approximate surface area is 144 Å². The molecule has 9 heteroatoms. The van der Waals surface area contributed by atoms with Gasteiger partial charge in [-0.2, -0.15) is 0 Å². The van der Waals surface area contributed by atoms with Gasteiger partial charge in [0.25, 0.3) is 0 Å². The monoisotopic (exact) mass is 351 g/mol. The Morgan fingerprint density at radius 2 is 2.21 bits per heavy atom. The Balaban J connectivity index is 2.19. The van der Waals surface area contributed by atoms with E-state index < -0.39 is 4.92 Å².